The molecule has 110 valence electrons. The highest BCUT2D eigenvalue weighted by Gasteiger charge is 2.15. The number of rotatable bonds is 11. The van der Waals surface area contributed by atoms with Gasteiger partial charge >= 0.3 is 0 Å². The summed E-state index contributed by atoms with van der Waals surface area (Å²) in [6.07, 6.45) is 4.53. The van der Waals surface area contributed by atoms with Crippen molar-refractivity contribution < 1.29 is 9.47 Å². The molecular formula is C16H34O2. The normalized spacial score (nSPS) is 16.8. The summed E-state index contributed by atoms with van der Waals surface area (Å²) in [5.41, 5.74) is 0. The predicted molar refractivity (Wildman–Crippen MR) is 78.7 cm³/mol. The molecule has 0 spiro atoms. The fourth-order valence-electron chi connectivity index (χ4n) is 1.46. The van der Waals surface area contributed by atoms with Crippen LogP contribution in [-0.2, 0) is 9.47 Å². The molecule has 0 unspecified atom stereocenters. The van der Waals surface area contributed by atoms with E-state index in [1.54, 1.807) is 0 Å². The van der Waals surface area contributed by atoms with E-state index in [0.717, 1.165) is 19.6 Å². The topological polar surface area (TPSA) is 18.5 Å². The van der Waals surface area contributed by atoms with E-state index in [1.807, 2.05) is 0 Å². The van der Waals surface area contributed by atoms with Crippen molar-refractivity contribution in [1.29, 1.82) is 0 Å². The lowest BCUT2D eigenvalue weighted by Crippen LogP contribution is -2.24. The summed E-state index contributed by atoms with van der Waals surface area (Å²) in [6, 6.07) is 0. The molecule has 0 fully saturated rings. The quantitative estimate of drug-likeness (QED) is 0.492. The van der Waals surface area contributed by atoms with Gasteiger partial charge in [0.15, 0.2) is 6.29 Å². The van der Waals surface area contributed by atoms with Crippen molar-refractivity contribution in [3.8, 4) is 0 Å². The molecule has 0 saturated carbocycles. The molecule has 0 aliphatic heterocycles. The molecule has 0 aliphatic rings. The Morgan fingerprint density at radius 3 is 1.39 bits per heavy atom. The smallest absolute Gasteiger partial charge is 0.157 e. The molecule has 2 heteroatoms. The van der Waals surface area contributed by atoms with E-state index in [1.165, 1.54) is 19.3 Å². The van der Waals surface area contributed by atoms with Gasteiger partial charge in [0.05, 0.1) is 13.2 Å². The van der Waals surface area contributed by atoms with Gasteiger partial charge in [-0.05, 0) is 17.8 Å². The number of hydrogen-bond donors (Lipinski definition) is 0. The summed E-state index contributed by atoms with van der Waals surface area (Å²) in [6.45, 7) is 15.0. The molecule has 18 heavy (non-hydrogen) atoms. The van der Waals surface area contributed by atoms with Gasteiger partial charge in [0, 0.05) is 6.42 Å². The molecule has 0 radical (unpaired) electrons. The maximum absolute atomic E-state index is 5.94. The average molecular weight is 258 g/mol. The largest absolute Gasteiger partial charge is 0.352 e. The lowest BCUT2D eigenvalue weighted by Gasteiger charge is -2.24. The minimum atomic E-state index is -0.0112. The van der Waals surface area contributed by atoms with E-state index in [-0.39, 0.29) is 6.29 Å². The third-order valence-electron chi connectivity index (χ3n) is 3.82. The standard InChI is InChI=1S/C16H34O2/c1-7-13(4)10-16(17-11-14(5)8-2)18-12-15(6)9-3/h13-16H,7-12H2,1-6H3/t13-,14-,15-/m0/s1. The molecule has 0 aromatic rings. The monoisotopic (exact) mass is 258 g/mol. The lowest BCUT2D eigenvalue weighted by molar-refractivity contribution is -0.164. The molecular weight excluding hydrogens is 224 g/mol. The lowest BCUT2D eigenvalue weighted by atomic mass is 10.0. The summed E-state index contributed by atoms with van der Waals surface area (Å²) in [5.74, 6) is 1.91. The highest BCUT2D eigenvalue weighted by Crippen LogP contribution is 2.16. The second kappa shape index (κ2) is 10.8. The first kappa shape index (κ1) is 17.9. The first-order chi connectivity index (χ1) is 8.53. The molecule has 0 bridgehead atoms. The molecule has 0 saturated heterocycles. The van der Waals surface area contributed by atoms with Crippen LogP contribution in [0.4, 0.5) is 0 Å². The highest BCUT2D eigenvalue weighted by molar-refractivity contribution is 4.57. The van der Waals surface area contributed by atoms with Crippen LogP contribution in [0, 0.1) is 17.8 Å². The summed E-state index contributed by atoms with van der Waals surface area (Å²) in [5, 5.41) is 0. The van der Waals surface area contributed by atoms with Crippen LogP contribution in [0.5, 0.6) is 0 Å². The Hall–Kier alpha value is -0.0800. The van der Waals surface area contributed by atoms with Crippen LogP contribution in [0.1, 0.15) is 67.2 Å². The first-order valence-electron chi connectivity index (χ1n) is 7.76. The maximum atomic E-state index is 5.94. The molecule has 0 amide bonds. The Morgan fingerprint density at radius 1 is 0.667 bits per heavy atom. The fraction of sp³-hybridized carbons (Fsp3) is 1.00. The van der Waals surface area contributed by atoms with Crippen molar-refractivity contribution in [1.82, 2.24) is 0 Å². The van der Waals surface area contributed by atoms with E-state index in [4.69, 9.17) is 9.47 Å². The van der Waals surface area contributed by atoms with Crippen molar-refractivity contribution in [2.75, 3.05) is 13.2 Å². The Kier molecular flexibility index (Phi) is 10.8. The molecule has 0 heterocycles. The average Bonchev–Trinajstić information content (AvgIpc) is 2.40. The van der Waals surface area contributed by atoms with E-state index >= 15 is 0 Å². The SMILES string of the molecule is CC[C@H](C)COC(C[C@@H](C)CC)OC[C@@H](C)CC. The fourth-order valence-corrected chi connectivity index (χ4v) is 1.46. The highest BCUT2D eigenvalue weighted by atomic mass is 16.7. The van der Waals surface area contributed by atoms with E-state index < -0.39 is 0 Å². The second-order valence-corrected chi connectivity index (χ2v) is 5.87. The van der Waals surface area contributed by atoms with Crippen LogP contribution in [-0.4, -0.2) is 19.5 Å². The van der Waals surface area contributed by atoms with Crippen LogP contribution in [0.2, 0.25) is 0 Å². The summed E-state index contributed by atoms with van der Waals surface area (Å²) in [4.78, 5) is 0. The van der Waals surface area contributed by atoms with Crippen molar-refractivity contribution in [3.63, 3.8) is 0 Å². The Bertz CT molecular complexity index is 168. The second-order valence-electron chi connectivity index (χ2n) is 5.87. The van der Waals surface area contributed by atoms with Gasteiger partial charge in [-0.1, -0.05) is 60.8 Å². The maximum Gasteiger partial charge on any atom is 0.157 e. The van der Waals surface area contributed by atoms with Gasteiger partial charge in [0.1, 0.15) is 0 Å². The van der Waals surface area contributed by atoms with Crippen LogP contribution < -0.4 is 0 Å². The van der Waals surface area contributed by atoms with E-state index in [2.05, 4.69) is 41.5 Å². The van der Waals surface area contributed by atoms with Gasteiger partial charge in [-0.25, -0.2) is 0 Å². The summed E-state index contributed by atoms with van der Waals surface area (Å²) >= 11 is 0. The third-order valence-corrected chi connectivity index (χ3v) is 3.82. The number of ether oxygens (including phenoxy) is 2. The van der Waals surface area contributed by atoms with Crippen LogP contribution in [0.3, 0.4) is 0 Å². The Balaban J connectivity index is 4.07. The Morgan fingerprint density at radius 2 is 1.06 bits per heavy atom. The van der Waals surface area contributed by atoms with E-state index in [9.17, 15) is 0 Å². The minimum Gasteiger partial charge on any atom is -0.352 e. The third kappa shape index (κ3) is 8.93. The number of hydrogen-bond acceptors (Lipinski definition) is 2. The zero-order chi connectivity index (χ0) is 14.0. The first-order valence-corrected chi connectivity index (χ1v) is 7.76. The van der Waals surface area contributed by atoms with Crippen molar-refractivity contribution in [3.05, 3.63) is 0 Å². The van der Waals surface area contributed by atoms with Crippen molar-refractivity contribution in [2.24, 2.45) is 17.8 Å². The molecule has 0 N–H and O–H groups in total. The van der Waals surface area contributed by atoms with Crippen LogP contribution in [0.15, 0.2) is 0 Å². The molecule has 0 aromatic carbocycles. The van der Waals surface area contributed by atoms with Gasteiger partial charge in [-0.3, -0.25) is 0 Å². The van der Waals surface area contributed by atoms with Crippen molar-refractivity contribution in [2.45, 2.75) is 73.5 Å². The van der Waals surface area contributed by atoms with Crippen LogP contribution in [0.25, 0.3) is 0 Å². The molecule has 2 nitrogen and oxygen atoms in total. The molecule has 0 aromatic heterocycles. The van der Waals surface area contributed by atoms with Gasteiger partial charge in [0.25, 0.3) is 0 Å². The predicted octanol–water partition coefficient (Wildman–Crippen LogP) is 4.87. The summed E-state index contributed by atoms with van der Waals surface area (Å²) in [7, 11) is 0. The van der Waals surface area contributed by atoms with Gasteiger partial charge < -0.3 is 9.47 Å². The zero-order valence-electron chi connectivity index (χ0n) is 13.4. The van der Waals surface area contributed by atoms with Crippen molar-refractivity contribution >= 4 is 0 Å². The summed E-state index contributed by atoms with van der Waals surface area (Å²) < 4.78 is 11.9. The Labute approximate surface area is 114 Å². The molecule has 0 aliphatic carbocycles. The minimum absolute atomic E-state index is 0.0112. The zero-order valence-corrected chi connectivity index (χ0v) is 13.4. The van der Waals surface area contributed by atoms with Gasteiger partial charge in [-0.2, -0.15) is 0 Å². The molecule has 0 rings (SSSR count). The molecule has 3 atom stereocenters. The van der Waals surface area contributed by atoms with Gasteiger partial charge in [0.2, 0.25) is 0 Å². The van der Waals surface area contributed by atoms with E-state index in [0.29, 0.717) is 17.8 Å². The van der Waals surface area contributed by atoms with Crippen LogP contribution >= 0.6 is 0 Å². The van der Waals surface area contributed by atoms with Gasteiger partial charge in [-0.15, -0.1) is 0 Å².